The van der Waals surface area contributed by atoms with Crippen LogP contribution in [0.5, 0.6) is 5.75 Å². The number of nitrogens with zero attached hydrogens (tertiary/aromatic N) is 2. The Kier molecular flexibility index (Phi) is 6.26. The Bertz CT molecular complexity index is 1200. The Balaban J connectivity index is 2.06. The Hall–Kier alpha value is -3.76. The number of aryl methyl sites for hydroxylation is 1. The summed E-state index contributed by atoms with van der Waals surface area (Å²) in [5, 5.41) is 2.60. The molecule has 0 aliphatic heterocycles. The molecule has 3 rings (SSSR count). The van der Waals surface area contributed by atoms with Crippen LogP contribution >= 0.6 is 0 Å². The summed E-state index contributed by atoms with van der Waals surface area (Å²) >= 11 is 0. The van der Waals surface area contributed by atoms with E-state index in [1.54, 1.807) is 38.5 Å². The van der Waals surface area contributed by atoms with Crippen LogP contribution in [0.25, 0.3) is 22.2 Å². The van der Waals surface area contributed by atoms with Gasteiger partial charge in [-0.25, -0.2) is 9.78 Å². The third-order valence-electron chi connectivity index (χ3n) is 4.54. The monoisotopic (exact) mass is 464 g/mol. The fourth-order valence-electron chi connectivity index (χ4n) is 3.34. The molecule has 1 aromatic heterocycles. The number of hydrogen-bond acceptors (Lipinski definition) is 5. The number of rotatable bonds is 5. The Morgan fingerprint density at radius 1 is 1.15 bits per heavy atom. The lowest BCUT2D eigenvalue weighted by molar-refractivity contribution is -0.274. The molecule has 33 heavy (non-hydrogen) atoms. The second-order valence-electron chi connectivity index (χ2n) is 8.30. The van der Waals surface area contributed by atoms with Gasteiger partial charge in [0.15, 0.2) is 0 Å². The molecule has 176 valence electrons. The van der Waals surface area contributed by atoms with Gasteiger partial charge in [-0.2, -0.15) is 0 Å². The number of hydrogen-bond donors (Lipinski definition) is 2. The number of imidazole rings is 1. The van der Waals surface area contributed by atoms with Gasteiger partial charge in [0.1, 0.15) is 11.4 Å². The molecule has 8 nitrogen and oxygen atoms in total. The number of fused-ring (bicyclic) bond motifs is 1. The normalized spacial score (nSPS) is 12.0. The first kappa shape index (κ1) is 23.9. The summed E-state index contributed by atoms with van der Waals surface area (Å²) in [4.78, 5) is 28.8. The number of nitrogens with one attached hydrogen (secondary N) is 1. The topological polar surface area (TPSA) is 108 Å². The smallest absolute Gasteiger partial charge is 0.444 e. The van der Waals surface area contributed by atoms with Crippen molar-refractivity contribution >= 4 is 23.0 Å². The van der Waals surface area contributed by atoms with Crippen LogP contribution < -0.4 is 15.8 Å². The fraction of sp³-hybridized carbons (Fsp3) is 0.318. The van der Waals surface area contributed by atoms with Crippen LogP contribution in [0.3, 0.4) is 0 Å². The molecule has 2 amide bonds. The Morgan fingerprint density at radius 3 is 2.33 bits per heavy atom. The molecule has 0 bridgehead atoms. The average Bonchev–Trinajstić information content (AvgIpc) is 3.05. The second-order valence-corrected chi connectivity index (χ2v) is 8.30. The van der Waals surface area contributed by atoms with E-state index in [0.717, 1.165) is 0 Å². The zero-order valence-corrected chi connectivity index (χ0v) is 18.4. The highest BCUT2D eigenvalue weighted by Gasteiger charge is 2.31. The molecule has 0 unspecified atom stereocenters. The third kappa shape index (κ3) is 5.73. The van der Waals surface area contributed by atoms with Gasteiger partial charge in [0.05, 0.1) is 22.9 Å². The molecule has 0 saturated carbocycles. The van der Waals surface area contributed by atoms with Crippen molar-refractivity contribution in [1.29, 1.82) is 0 Å². The molecular formula is C22H23F3N4O4. The predicted molar refractivity (Wildman–Crippen MR) is 114 cm³/mol. The van der Waals surface area contributed by atoms with Gasteiger partial charge in [0.2, 0.25) is 0 Å². The van der Waals surface area contributed by atoms with Crippen LogP contribution in [0.2, 0.25) is 0 Å². The van der Waals surface area contributed by atoms with Gasteiger partial charge in [-0.1, -0.05) is 12.1 Å². The molecule has 0 radical (unpaired) electrons. The fourth-order valence-corrected chi connectivity index (χ4v) is 3.34. The SMILES string of the molecule is Cn1cnc2c(-c3ccc(OC(F)(F)F)cc3)cc(CNC(=O)OC(C)(C)C)c(C(N)=O)c21. The zero-order valence-electron chi connectivity index (χ0n) is 18.4. The van der Waals surface area contributed by atoms with E-state index in [-0.39, 0.29) is 17.9 Å². The van der Waals surface area contributed by atoms with Gasteiger partial charge in [0.25, 0.3) is 5.91 Å². The number of alkyl carbamates (subject to hydrolysis) is 1. The summed E-state index contributed by atoms with van der Waals surface area (Å²) < 4.78 is 48.2. The Labute approximate surface area is 187 Å². The van der Waals surface area contributed by atoms with Crippen molar-refractivity contribution in [2.45, 2.75) is 39.3 Å². The third-order valence-corrected chi connectivity index (χ3v) is 4.54. The molecule has 2 aromatic carbocycles. The van der Waals surface area contributed by atoms with E-state index in [9.17, 15) is 22.8 Å². The van der Waals surface area contributed by atoms with Crippen molar-refractivity contribution in [3.05, 3.63) is 47.8 Å². The molecule has 1 heterocycles. The molecule has 11 heteroatoms. The highest BCUT2D eigenvalue weighted by molar-refractivity contribution is 6.09. The van der Waals surface area contributed by atoms with E-state index >= 15 is 0 Å². The van der Waals surface area contributed by atoms with Crippen molar-refractivity contribution in [2.75, 3.05) is 0 Å². The molecular weight excluding hydrogens is 441 g/mol. The number of aromatic nitrogens is 2. The zero-order chi connectivity index (χ0) is 24.6. The van der Waals surface area contributed by atoms with E-state index in [2.05, 4.69) is 15.0 Å². The molecule has 3 N–H and O–H groups in total. The summed E-state index contributed by atoms with van der Waals surface area (Å²) in [5.74, 6) is -1.09. The van der Waals surface area contributed by atoms with Crippen molar-refractivity contribution in [2.24, 2.45) is 12.8 Å². The summed E-state index contributed by atoms with van der Waals surface area (Å²) in [5.41, 5.74) is 7.41. The standard InChI is InChI=1S/C22H23F3N4O4/c1-21(2,3)33-20(31)27-10-13-9-15(12-5-7-14(8-6-12)32-22(23,24)25)17-18(16(13)19(26)30)29(4)11-28-17/h5-9,11H,10H2,1-4H3,(H2,26,30)(H,27,31). The van der Waals surface area contributed by atoms with Gasteiger partial charge in [-0.3, -0.25) is 4.79 Å². The van der Waals surface area contributed by atoms with Crippen LogP contribution in [0, 0.1) is 0 Å². The summed E-state index contributed by atoms with van der Waals surface area (Å²) in [6.45, 7) is 5.07. The molecule has 3 aromatic rings. The first-order valence-electron chi connectivity index (χ1n) is 9.85. The predicted octanol–water partition coefficient (Wildman–Crippen LogP) is 4.26. The molecule has 0 spiro atoms. The van der Waals surface area contributed by atoms with E-state index < -0.39 is 24.0 Å². The van der Waals surface area contributed by atoms with Crippen LogP contribution in [-0.4, -0.2) is 33.5 Å². The number of benzene rings is 2. The van der Waals surface area contributed by atoms with Crippen molar-refractivity contribution in [3.63, 3.8) is 0 Å². The maximum Gasteiger partial charge on any atom is 0.573 e. The van der Waals surface area contributed by atoms with Crippen LogP contribution in [-0.2, 0) is 18.3 Å². The minimum absolute atomic E-state index is 0.0728. The molecule has 0 aliphatic carbocycles. The van der Waals surface area contributed by atoms with E-state index in [0.29, 0.717) is 27.7 Å². The van der Waals surface area contributed by atoms with E-state index in [4.69, 9.17) is 10.5 Å². The van der Waals surface area contributed by atoms with E-state index in [1.807, 2.05) is 0 Å². The maximum atomic E-state index is 12.5. The maximum absolute atomic E-state index is 12.5. The number of carbonyl (C=O) groups is 2. The highest BCUT2D eigenvalue weighted by Crippen LogP contribution is 2.34. The lowest BCUT2D eigenvalue weighted by atomic mass is 9.96. The molecule has 0 aliphatic rings. The molecule has 0 saturated heterocycles. The largest absolute Gasteiger partial charge is 0.573 e. The summed E-state index contributed by atoms with van der Waals surface area (Å²) in [6, 6.07) is 6.86. The van der Waals surface area contributed by atoms with E-state index in [1.165, 1.54) is 30.6 Å². The van der Waals surface area contributed by atoms with Crippen LogP contribution in [0.1, 0.15) is 36.7 Å². The lowest BCUT2D eigenvalue weighted by Gasteiger charge is -2.20. The Morgan fingerprint density at radius 2 is 1.79 bits per heavy atom. The summed E-state index contributed by atoms with van der Waals surface area (Å²) in [6.07, 6.45) is -4.00. The first-order chi connectivity index (χ1) is 15.2. The molecule has 0 fully saturated rings. The number of carbonyl (C=O) groups excluding carboxylic acids is 2. The minimum Gasteiger partial charge on any atom is -0.444 e. The minimum atomic E-state index is -4.81. The van der Waals surface area contributed by atoms with Crippen LogP contribution in [0.15, 0.2) is 36.7 Å². The van der Waals surface area contributed by atoms with Gasteiger partial charge >= 0.3 is 12.5 Å². The highest BCUT2D eigenvalue weighted by atomic mass is 19.4. The van der Waals surface area contributed by atoms with Crippen molar-refractivity contribution in [1.82, 2.24) is 14.9 Å². The van der Waals surface area contributed by atoms with Crippen molar-refractivity contribution in [3.8, 4) is 16.9 Å². The van der Waals surface area contributed by atoms with Crippen molar-refractivity contribution < 1.29 is 32.2 Å². The molecule has 0 atom stereocenters. The number of ether oxygens (including phenoxy) is 2. The lowest BCUT2D eigenvalue weighted by Crippen LogP contribution is -2.32. The number of nitrogens with two attached hydrogens (primary N) is 1. The number of halogens is 3. The average molecular weight is 464 g/mol. The van der Waals surface area contributed by atoms with Gasteiger partial charge < -0.3 is 25.1 Å². The number of primary amides is 1. The van der Waals surface area contributed by atoms with Gasteiger partial charge in [0, 0.05) is 19.2 Å². The first-order valence-corrected chi connectivity index (χ1v) is 9.85. The van der Waals surface area contributed by atoms with Gasteiger partial charge in [-0.05, 0) is 50.1 Å². The summed E-state index contributed by atoms with van der Waals surface area (Å²) in [7, 11) is 1.68. The quantitative estimate of drug-likeness (QED) is 0.587. The second kappa shape index (κ2) is 8.64. The van der Waals surface area contributed by atoms with Crippen LogP contribution in [0.4, 0.5) is 18.0 Å². The number of alkyl halides is 3. The number of amides is 2. The van der Waals surface area contributed by atoms with Gasteiger partial charge in [-0.15, -0.1) is 13.2 Å².